The lowest BCUT2D eigenvalue weighted by Gasteiger charge is -2.42. The molecule has 0 bridgehead atoms. The van der Waals surface area contributed by atoms with Gasteiger partial charge in [0.25, 0.3) is 5.91 Å². The average Bonchev–Trinajstić information content (AvgIpc) is 3.49. The van der Waals surface area contributed by atoms with E-state index in [9.17, 15) is 14.0 Å². The number of likely N-dealkylation sites (tertiary alicyclic amines) is 1. The molecule has 1 spiro atoms. The van der Waals surface area contributed by atoms with Crippen LogP contribution in [0.15, 0.2) is 67.3 Å². The lowest BCUT2D eigenvalue weighted by molar-refractivity contribution is -0.136. The van der Waals surface area contributed by atoms with Crippen LogP contribution in [0, 0.1) is 5.82 Å². The molecule has 0 N–H and O–H groups in total. The van der Waals surface area contributed by atoms with Crippen molar-refractivity contribution in [1.82, 2.24) is 24.3 Å². The standard InChI is InChI=1S/C28H32FN5O2/c1-2-3-15-33-26(35)28(34(27(33)36)20-23-6-4-5-7-25(23)29)12-16-31(17-13-28)19-22-8-10-24(11-9-22)32-18-14-30-21-32/h4-11,14,18,21H,2-3,12-13,15-17,19-20H2,1H3. The number of rotatable bonds is 8. The zero-order valence-corrected chi connectivity index (χ0v) is 20.6. The van der Waals surface area contributed by atoms with Crippen molar-refractivity contribution in [3.8, 4) is 5.69 Å². The first-order chi connectivity index (χ1) is 17.5. The Morgan fingerprint density at radius 1 is 1.00 bits per heavy atom. The van der Waals surface area contributed by atoms with Crippen LogP contribution in [0.5, 0.6) is 0 Å². The number of carbonyl (C=O) groups excluding carboxylic acids is 2. The van der Waals surface area contributed by atoms with Gasteiger partial charge >= 0.3 is 6.03 Å². The van der Waals surface area contributed by atoms with Gasteiger partial charge in [-0.15, -0.1) is 0 Å². The molecule has 2 aromatic carbocycles. The van der Waals surface area contributed by atoms with Crippen molar-refractivity contribution in [3.63, 3.8) is 0 Å². The van der Waals surface area contributed by atoms with Gasteiger partial charge in [0, 0.05) is 49.8 Å². The Bertz CT molecular complexity index is 1200. The molecule has 2 fully saturated rings. The molecule has 36 heavy (non-hydrogen) atoms. The molecule has 8 heteroatoms. The fourth-order valence-electron chi connectivity index (χ4n) is 5.32. The molecule has 2 saturated heterocycles. The molecule has 2 aliphatic heterocycles. The molecule has 3 amide bonds. The van der Waals surface area contributed by atoms with Crippen molar-refractivity contribution < 1.29 is 14.0 Å². The molecule has 0 radical (unpaired) electrons. The maximum absolute atomic E-state index is 14.5. The summed E-state index contributed by atoms with van der Waals surface area (Å²) in [4.78, 5) is 36.5. The normalized spacial score (nSPS) is 17.9. The Hall–Kier alpha value is -3.52. The number of urea groups is 1. The van der Waals surface area contributed by atoms with E-state index in [1.807, 2.05) is 17.7 Å². The Morgan fingerprint density at radius 2 is 1.75 bits per heavy atom. The van der Waals surface area contributed by atoms with Crippen molar-refractivity contribution in [3.05, 3.63) is 84.2 Å². The van der Waals surface area contributed by atoms with Crippen LogP contribution in [0.1, 0.15) is 43.7 Å². The third kappa shape index (κ3) is 4.53. The zero-order valence-electron chi connectivity index (χ0n) is 20.6. The first kappa shape index (κ1) is 24.2. The highest BCUT2D eigenvalue weighted by atomic mass is 19.1. The smallest absolute Gasteiger partial charge is 0.306 e. The Balaban J connectivity index is 1.31. The number of hydrogen-bond acceptors (Lipinski definition) is 4. The fourth-order valence-corrected chi connectivity index (χ4v) is 5.32. The molecule has 7 nitrogen and oxygen atoms in total. The number of unbranched alkanes of at least 4 members (excludes halogenated alkanes) is 1. The molecule has 1 aromatic heterocycles. The van der Waals surface area contributed by atoms with Gasteiger partial charge in [-0.1, -0.05) is 43.7 Å². The maximum atomic E-state index is 14.5. The van der Waals surface area contributed by atoms with Crippen LogP contribution < -0.4 is 0 Å². The van der Waals surface area contributed by atoms with Crippen molar-refractivity contribution in [2.24, 2.45) is 0 Å². The molecule has 0 atom stereocenters. The van der Waals surface area contributed by atoms with E-state index in [1.165, 1.54) is 16.5 Å². The van der Waals surface area contributed by atoms with Crippen LogP contribution in [-0.2, 0) is 17.9 Å². The topological polar surface area (TPSA) is 61.7 Å². The van der Waals surface area contributed by atoms with Gasteiger partial charge in [0.05, 0.1) is 12.9 Å². The molecule has 0 saturated carbocycles. The second kappa shape index (κ2) is 10.2. The van der Waals surface area contributed by atoms with Crippen LogP contribution in [0.2, 0.25) is 0 Å². The van der Waals surface area contributed by atoms with Gasteiger partial charge in [-0.05, 0) is 43.0 Å². The minimum atomic E-state index is -0.908. The summed E-state index contributed by atoms with van der Waals surface area (Å²) >= 11 is 0. The van der Waals surface area contributed by atoms with Crippen molar-refractivity contribution in [1.29, 1.82) is 0 Å². The number of amides is 3. The maximum Gasteiger partial charge on any atom is 0.327 e. The molecule has 0 unspecified atom stereocenters. The molecular weight excluding hydrogens is 457 g/mol. The minimum absolute atomic E-state index is 0.107. The first-order valence-corrected chi connectivity index (χ1v) is 12.7. The van der Waals surface area contributed by atoms with E-state index >= 15 is 0 Å². The SMILES string of the molecule is CCCCN1C(=O)N(Cc2ccccc2F)C2(CCN(Cc3ccc(-n4ccnc4)cc3)CC2)C1=O. The Kier molecular flexibility index (Phi) is 6.87. The third-order valence-electron chi connectivity index (χ3n) is 7.47. The summed E-state index contributed by atoms with van der Waals surface area (Å²) in [5.74, 6) is -0.474. The number of imidazole rings is 1. The van der Waals surface area contributed by atoms with Crippen molar-refractivity contribution in [2.75, 3.05) is 19.6 Å². The van der Waals surface area contributed by atoms with Gasteiger partial charge < -0.3 is 9.47 Å². The highest BCUT2D eigenvalue weighted by Crippen LogP contribution is 2.39. The summed E-state index contributed by atoms with van der Waals surface area (Å²) < 4.78 is 16.5. The van der Waals surface area contributed by atoms with Gasteiger partial charge in [0.1, 0.15) is 11.4 Å². The third-order valence-corrected chi connectivity index (χ3v) is 7.47. The predicted octanol–water partition coefficient (Wildman–Crippen LogP) is 4.61. The quantitative estimate of drug-likeness (QED) is 0.434. The van der Waals surface area contributed by atoms with E-state index in [-0.39, 0.29) is 24.3 Å². The summed E-state index contributed by atoms with van der Waals surface area (Å²) in [7, 11) is 0. The summed E-state index contributed by atoms with van der Waals surface area (Å²) in [6.45, 7) is 4.72. The molecular formula is C28H32FN5O2. The summed E-state index contributed by atoms with van der Waals surface area (Å²) in [6.07, 6.45) is 8.19. The lowest BCUT2D eigenvalue weighted by Crippen LogP contribution is -2.56. The zero-order chi connectivity index (χ0) is 25.1. The van der Waals surface area contributed by atoms with Crippen LogP contribution >= 0.6 is 0 Å². The van der Waals surface area contributed by atoms with Crippen LogP contribution in [0.25, 0.3) is 5.69 Å². The molecule has 2 aliphatic rings. The van der Waals surface area contributed by atoms with Crippen LogP contribution in [0.3, 0.4) is 0 Å². The monoisotopic (exact) mass is 489 g/mol. The molecule has 3 heterocycles. The van der Waals surface area contributed by atoms with E-state index in [1.54, 1.807) is 35.6 Å². The predicted molar refractivity (Wildman–Crippen MR) is 135 cm³/mol. The lowest BCUT2D eigenvalue weighted by atomic mass is 9.85. The summed E-state index contributed by atoms with van der Waals surface area (Å²) in [6, 6.07) is 14.6. The van der Waals surface area contributed by atoms with E-state index < -0.39 is 5.54 Å². The number of nitrogens with zero attached hydrogens (tertiary/aromatic N) is 5. The van der Waals surface area contributed by atoms with Crippen LogP contribution in [0.4, 0.5) is 9.18 Å². The second-order valence-electron chi connectivity index (χ2n) is 9.71. The number of imide groups is 1. The number of carbonyl (C=O) groups is 2. The number of halogens is 1. The molecule has 0 aliphatic carbocycles. The van der Waals surface area contributed by atoms with E-state index in [4.69, 9.17) is 0 Å². The largest absolute Gasteiger partial charge is 0.327 e. The van der Waals surface area contributed by atoms with Gasteiger partial charge in [-0.25, -0.2) is 14.2 Å². The van der Waals surface area contributed by atoms with Crippen molar-refractivity contribution >= 4 is 11.9 Å². The van der Waals surface area contributed by atoms with E-state index in [2.05, 4.69) is 34.1 Å². The minimum Gasteiger partial charge on any atom is -0.306 e. The highest BCUT2D eigenvalue weighted by molar-refractivity contribution is 6.07. The van der Waals surface area contributed by atoms with Gasteiger partial charge in [-0.3, -0.25) is 14.6 Å². The van der Waals surface area contributed by atoms with Gasteiger partial charge in [-0.2, -0.15) is 0 Å². The second-order valence-corrected chi connectivity index (χ2v) is 9.71. The number of aromatic nitrogens is 2. The average molecular weight is 490 g/mol. The number of hydrogen-bond donors (Lipinski definition) is 0. The van der Waals surface area contributed by atoms with Crippen molar-refractivity contribution in [2.45, 2.75) is 51.2 Å². The molecule has 3 aromatic rings. The van der Waals surface area contributed by atoms with Gasteiger partial charge in [0.2, 0.25) is 0 Å². The summed E-state index contributed by atoms with van der Waals surface area (Å²) in [5.41, 5.74) is 1.78. The van der Waals surface area contributed by atoms with Gasteiger partial charge in [0.15, 0.2) is 0 Å². The Labute approximate surface area is 211 Å². The van der Waals surface area contributed by atoms with E-state index in [0.717, 1.165) is 25.1 Å². The van der Waals surface area contributed by atoms with E-state index in [0.29, 0.717) is 38.0 Å². The molecule has 5 rings (SSSR count). The summed E-state index contributed by atoms with van der Waals surface area (Å²) in [5, 5.41) is 0. The fraction of sp³-hybridized carbons (Fsp3) is 0.393. The molecule has 188 valence electrons. The van der Waals surface area contributed by atoms with Crippen LogP contribution in [-0.4, -0.2) is 61.4 Å². The Morgan fingerprint density at radius 3 is 2.42 bits per heavy atom. The number of piperidine rings is 1. The first-order valence-electron chi connectivity index (χ1n) is 12.7. The number of benzene rings is 2. The highest BCUT2D eigenvalue weighted by Gasteiger charge is 2.57.